The largest absolute Gasteiger partial charge is 0.497 e. The SMILES string of the molecule is COc1ccc(N(CC(=O)NC2CCCCCC2)S(=O)(=O)c2ccccc2)cc1. The summed E-state index contributed by atoms with van der Waals surface area (Å²) in [7, 11) is -2.34. The van der Waals surface area contributed by atoms with Gasteiger partial charge in [-0.3, -0.25) is 9.10 Å². The van der Waals surface area contributed by atoms with Crippen LogP contribution in [0.3, 0.4) is 0 Å². The highest BCUT2D eigenvalue weighted by Gasteiger charge is 2.28. The van der Waals surface area contributed by atoms with Crippen molar-refractivity contribution in [1.29, 1.82) is 0 Å². The molecular formula is C22H28N2O4S. The highest BCUT2D eigenvalue weighted by atomic mass is 32.2. The van der Waals surface area contributed by atoms with E-state index < -0.39 is 10.0 Å². The predicted octanol–water partition coefficient (Wildman–Crippen LogP) is 3.73. The predicted molar refractivity (Wildman–Crippen MR) is 114 cm³/mol. The maximum Gasteiger partial charge on any atom is 0.264 e. The zero-order chi connectivity index (χ0) is 20.7. The Morgan fingerprint density at radius 1 is 1.00 bits per heavy atom. The van der Waals surface area contributed by atoms with Crippen LogP contribution in [0, 0.1) is 0 Å². The third-order valence-electron chi connectivity index (χ3n) is 5.20. The first kappa shape index (κ1) is 21.2. The van der Waals surface area contributed by atoms with Crippen LogP contribution in [0.2, 0.25) is 0 Å². The molecular weight excluding hydrogens is 388 g/mol. The fraction of sp³-hybridized carbons (Fsp3) is 0.409. The quantitative estimate of drug-likeness (QED) is 0.698. The van der Waals surface area contributed by atoms with Gasteiger partial charge in [-0.15, -0.1) is 0 Å². The Morgan fingerprint density at radius 2 is 1.62 bits per heavy atom. The van der Waals surface area contributed by atoms with Gasteiger partial charge in [0.15, 0.2) is 0 Å². The summed E-state index contributed by atoms with van der Waals surface area (Å²) >= 11 is 0. The third kappa shape index (κ3) is 5.50. The molecule has 3 rings (SSSR count). The first-order chi connectivity index (χ1) is 14.0. The Morgan fingerprint density at radius 3 is 2.21 bits per heavy atom. The van der Waals surface area contributed by atoms with Crippen molar-refractivity contribution in [3.63, 3.8) is 0 Å². The van der Waals surface area contributed by atoms with Crippen LogP contribution in [-0.2, 0) is 14.8 Å². The summed E-state index contributed by atoms with van der Waals surface area (Å²) in [5, 5.41) is 3.04. The zero-order valence-electron chi connectivity index (χ0n) is 16.7. The molecule has 0 spiro atoms. The number of rotatable bonds is 7. The molecule has 0 atom stereocenters. The molecule has 1 aliphatic carbocycles. The number of benzene rings is 2. The second-order valence-corrected chi connectivity index (χ2v) is 9.14. The number of ether oxygens (including phenoxy) is 1. The molecule has 0 heterocycles. The molecule has 0 saturated heterocycles. The van der Waals surface area contributed by atoms with Gasteiger partial charge in [-0.1, -0.05) is 43.9 Å². The van der Waals surface area contributed by atoms with Crippen LogP contribution >= 0.6 is 0 Å². The summed E-state index contributed by atoms with van der Waals surface area (Å²) in [6, 6.07) is 15.0. The molecule has 2 aromatic carbocycles. The third-order valence-corrected chi connectivity index (χ3v) is 6.99. The van der Waals surface area contributed by atoms with Gasteiger partial charge in [-0.25, -0.2) is 8.42 Å². The van der Waals surface area contributed by atoms with Gasteiger partial charge in [0.05, 0.1) is 17.7 Å². The van der Waals surface area contributed by atoms with Gasteiger partial charge < -0.3 is 10.1 Å². The van der Waals surface area contributed by atoms with E-state index in [1.165, 1.54) is 25.0 Å². The lowest BCUT2D eigenvalue weighted by Crippen LogP contribution is -2.44. The highest BCUT2D eigenvalue weighted by Crippen LogP contribution is 2.26. The molecule has 1 aliphatic rings. The molecule has 6 nitrogen and oxygen atoms in total. The maximum atomic E-state index is 13.3. The minimum Gasteiger partial charge on any atom is -0.497 e. The minimum absolute atomic E-state index is 0.113. The average Bonchev–Trinajstić information content (AvgIpc) is 3.01. The minimum atomic E-state index is -3.89. The Hall–Kier alpha value is -2.54. The van der Waals surface area contributed by atoms with Gasteiger partial charge in [0.1, 0.15) is 12.3 Å². The summed E-state index contributed by atoms with van der Waals surface area (Å²) in [6.07, 6.45) is 6.45. The lowest BCUT2D eigenvalue weighted by molar-refractivity contribution is -0.120. The van der Waals surface area contributed by atoms with E-state index in [9.17, 15) is 13.2 Å². The topological polar surface area (TPSA) is 75.7 Å². The first-order valence-corrected chi connectivity index (χ1v) is 11.5. The summed E-state index contributed by atoms with van der Waals surface area (Å²) < 4.78 is 32.9. The van der Waals surface area contributed by atoms with Crippen LogP contribution in [0.5, 0.6) is 5.75 Å². The number of carbonyl (C=O) groups is 1. The maximum absolute atomic E-state index is 13.3. The van der Waals surface area contributed by atoms with Crippen LogP contribution in [0.4, 0.5) is 5.69 Å². The molecule has 156 valence electrons. The number of hydrogen-bond acceptors (Lipinski definition) is 4. The van der Waals surface area contributed by atoms with Gasteiger partial charge in [-0.2, -0.15) is 0 Å². The first-order valence-electron chi connectivity index (χ1n) is 10.0. The van der Waals surface area contributed by atoms with Crippen LogP contribution in [0.1, 0.15) is 38.5 Å². The number of sulfonamides is 1. The smallest absolute Gasteiger partial charge is 0.264 e. The van der Waals surface area contributed by atoms with Crippen molar-refractivity contribution >= 4 is 21.6 Å². The van der Waals surface area contributed by atoms with E-state index in [4.69, 9.17) is 4.74 Å². The lowest BCUT2D eigenvalue weighted by Gasteiger charge is -2.25. The van der Waals surface area contributed by atoms with Crippen molar-refractivity contribution in [2.45, 2.75) is 49.5 Å². The van der Waals surface area contributed by atoms with Crippen molar-refractivity contribution in [2.24, 2.45) is 0 Å². The van der Waals surface area contributed by atoms with Crippen molar-refractivity contribution in [3.8, 4) is 5.75 Å². The van der Waals surface area contributed by atoms with Crippen LogP contribution in [-0.4, -0.2) is 34.0 Å². The van der Waals surface area contributed by atoms with Gasteiger partial charge in [-0.05, 0) is 49.2 Å². The molecule has 2 aromatic rings. The van der Waals surface area contributed by atoms with Gasteiger partial charge in [0.25, 0.3) is 10.0 Å². The van der Waals surface area contributed by atoms with E-state index in [1.54, 1.807) is 49.6 Å². The number of anilines is 1. The number of carbonyl (C=O) groups excluding carboxylic acids is 1. The molecule has 0 bridgehead atoms. The second-order valence-electron chi connectivity index (χ2n) is 7.28. The van der Waals surface area contributed by atoms with Crippen LogP contribution in [0.25, 0.3) is 0 Å². The molecule has 0 radical (unpaired) electrons. The molecule has 0 aromatic heterocycles. The van der Waals surface area contributed by atoms with E-state index in [1.807, 2.05) is 0 Å². The molecule has 7 heteroatoms. The van der Waals surface area contributed by atoms with Crippen molar-refractivity contribution in [2.75, 3.05) is 18.0 Å². The molecule has 0 aliphatic heterocycles. The summed E-state index contributed by atoms with van der Waals surface area (Å²) in [5.41, 5.74) is 0.422. The summed E-state index contributed by atoms with van der Waals surface area (Å²) in [6.45, 7) is -0.264. The van der Waals surface area contributed by atoms with Gasteiger partial charge in [0.2, 0.25) is 5.91 Å². The van der Waals surface area contributed by atoms with Crippen LogP contribution < -0.4 is 14.4 Å². The summed E-state index contributed by atoms with van der Waals surface area (Å²) in [5.74, 6) is 0.334. The zero-order valence-corrected chi connectivity index (χ0v) is 17.5. The monoisotopic (exact) mass is 416 g/mol. The number of nitrogens with one attached hydrogen (secondary N) is 1. The average molecular weight is 417 g/mol. The standard InChI is InChI=1S/C22H28N2O4S/c1-28-20-15-13-19(14-16-20)24(29(26,27)21-11-7-4-8-12-21)17-22(25)23-18-9-5-2-3-6-10-18/h4,7-8,11-16,18H,2-3,5-6,9-10,17H2,1H3,(H,23,25). The summed E-state index contributed by atoms with van der Waals surface area (Å²) in [4.78, 5) is 12.9. The fourth-order valence-electron chi connectivity index (χ4n) is 3.61. The molecule has 0 unspecified atom stereocenters. The van der Waals surface area contributed by atoms with E-state index in [2.05, 4.69) is 5.32 Å². The van der Waals surface area contributed by atoms with Crippen molar-refractivity contribution in [3.05, 3.63) is 54.6 Å². The molecule has 1 amide bonds. The van der Waals surface area contributed by atoms with Crippen molar-refractivity contribution < 1.29 is 17.9 Å². The van der Waals surface area contributed by atoms with Gasteiger partial charge in [0, 0.05) is 6.04 Å². The Labute approximate surface area is 172 Å². The lowest BCUT2D eigenvalue weighted by atomic mass is 10.1. The number of nitrogens with zero attached hydrogens (tertiary/aromatic N) is 1. The normalized spacial score (nSPS) is 15.3. The molecule has 1 N–H and O–H groups in total. The van der Waals surface area contributed by atoms with Gasteiger partial charge >= 0.3 is 0 Å². The fourth-order valence-corrected chi connectivity index (χ4v) is 5.05. The van der Waals surface area contributed by atoms with E-state index in [0.717, 1.165) is 30.0 Å². The van der Waals surface area contributed by atoms with E-state index >= 15 is 0 Å². The molecule has 1 fully saturated rings. The van der Waals surface area contributed by atoms with Crippen LogP contribution in [0.15, 0.2) is 59.5 Å². The van der Waals surface area contributed by atoms with E-state index in [0.29, 0.717) is 11.4 Å². The highest BCUT2D eigenvalue weighted by molar-refractivity contribution is 7.92. The van der Waals surface area contributed by atoms with E-state index in [-0.39, 0.29) is 23.4 Å². The van der Waals surface area contributed by atoms with Crippen molar-refractivity contribution in [1.82, 2.24) is 5.32 Å². The molecule has 1 saturated carbocycles. The number of amides is 1. The molecule has 29 heavy (non-hydrogen) atoms. The Kier molecular flexibility index (Phi) is 7.14. The number of hydrogen-bond donors (Lipinski definition) is 1. The number of methoxy groups -OCH3 is 1. The second kappa shape index (κ2) is 9.78. The Balaban J connectivity index is 1.85. The Bertz CT molecular complexity index is 890.